The molecule has 1 saturated heterocycles. The quantitative estimate of drug-likeness (QED) is 0.859. The first-order chi connectivity index (χ1) is 10.3. The molecule has 0 spiro atoms. The first-order valence-electron chi connectivity index (χ1n) is 7.12. The third kappa shape index (κ3) is 3.13. The van der Waals surface area contributed by atoms with Gasteiger partial charge >= 0.3 is 0 Å². The van der Waals surface area contributed by atoms with E-state index in [1.54, 1.807) is 0 Å². The molecule has 3 heterocycles. The summed E-state index contributed by atoms with van der Waals surface area (Å²) in [5, 5.41) is 16.4. The van der Waals surface area contributed by atoms with Gasteiger partial charge in [-0.1, -0.05) is 5.16 Å². The number of hydrogen-bond acceptors (Lipinski definition) is 7. The fourth-order valence-corrected chi connectivity index (χ4v) is 2.61. The van der Waals surface area contributed by atoms with E-state index in [1.807, 2.05) is 19.1 Å². The maximum Gasteiger partial charge on any atom is 0.156 e. The predicted molar refractivity (Wildman–Crippen MR) is 78.1 cm³/mol. The number of nitrogens with zero attached hydrogens (tertiary/aromatic N) is 4. The Labute approximate surface area is 123 Å². The van der Waals surface area contributed by atoms with E-state index in [2.05, 4.69) is 25.3 Å². The summed E-state index contributed by atoms with van der Waals surface area (Å²) in [5.41, 5.74) is 0.859. The lowest BCUT2D eigenvalue weighted by atomic mass is 10.2. The van der Waals surface area contributed by atoms with E-state index >= 15 is 0 Å². The van der Waals surface area contributed by atoms with Gasteiger partial charge in [-0.3, -0.25) is 0 Å². The summed E-state index contributed by atoms with van der Waals surface area (Å²) in [6.07, 6.45) is 3.62. The summed E-state index contributed by atoms with van der Waals surface area (Å²) in [6, 6.07) is 3.94. The van der Waals surface area contributed by atoms with Gasteiger partial charge in [0, 0.05) is 18.7 Å². The summed E-state index contributed by atoms with van der Waals surface area (Å²) in [6.45, 7) is 3.49. The van der Waals surface area contributed by atoms with Crippen LogP contribution in [0.2, 0.25) is 0 Å². The Morgan fingerprint density at radius 1 is 1.43 bits per heavy atom. The van der Waals surface area contributed by atoms with Gasteiger partial charge < -0.3 is 19.8 Å². The van der Waals surface area contributed by atoms with Gasteiger partial charge in [0.1, 0.15) is 18.0 Å². The molecule has 2 N–H and O–H groups in total. The van der Waals surface area contributed by atoms with Crippen molar-refractivity contribution in [3.05, 3.63) is 29.9 Å². The monoisotopic (exact) mass is 289 g/mol. The second-order valence-corrected chi connectivity index (χ2v) is 5.22. The molecule has 7 heteroatoms. The van der Waals surface area contributed by atoms with Gasteiger partial charge in [-0.25, -0.2) is 9.97 Å². The van der Waals surface area contributed by atoms with Crippen molar-refractivity contribution in [3.63, 3.8) is 0 Å². The van der Waals surface area contributed by atoms with Crippen molar-refractivity contribution < 1.29 is 9.63 Å². The number of aliphatic hydroxyl groups is 1. The lowest BCUT2D eigenvalue weighted by Crippen LogP contribution is -2.32. The van der Waals surface area contributed by atoms with Crippen molar-refractivity contribution in [1.29, 1.82) is 0 Å². The highest BCUT2D eigenvalue weighted by atomic mass is 16.5. The Kier molecular flexibility index (Phi) is 4.01. The molecular weight excluding hydrogens is 270 g/mol. The van der Waals surface area contributed by atoms with Crippen molar-refractivity contribution >= 4 is 11.6 Å². The Balaban J connectivity index is 1.68. The Bertz CT molecular complexity index is 601. The smallest absolute Gasteiger partial charge is 0.156 e. The first-order valence-corrected chi connectivity index (χ1v) is 7.12. The molecule has 21 heavy (non-hydrogen) atoms. The summed E-state index contributed by atoms with van der Waals surface area (Å²) in [5.74, 6) is 2.34. The van der Waals surface area contributed by atoms with E-state index < -0.39 is 0 Å². The number of aliphatic hydroxyl groups excluding tert-OH is 1. The van der Waals surface area contributed by atoms with E-state index in [-0.39, 0.29) is 12.6 Å². The highest BCUT2D eigenvalue weighted by Gasteiger charge is 2.25. The summed E-state index contributed by atoms with van der Waals surface area (Å²) in [4.78, 5) is 10.6. The Hall–Kier alpha value is -2.15. The molecular formula is C14H19N5O2. The average Bonchev–Trinajstić information content (AvgIpc) is 3.14. The molecule has 3 rings (SSSR count). The number of aromatic nitrogens is 3. The van der Waals surface area contributed by atoms with E-state index in [0.29, 0.717) is 6.54 Å². The van der Waals surface area contributed by atoms with Crippen LogP contribution in [0.25, 0.3) is 0 Å². The van der Waals surface area contributed by atoms with E-state index in [1.165, 1.54) is 6.33 Å². The molecule has 0 radical (unpaired) electrons. The van der Waals surface area contributed by atoms with Crippen LogP contribution in [-0.4, -0.2) is 39.4 Å². The number of aryl methyl sites for hydroxylation is 1. The zero-order valence-corrected chi connectivity index (χ0v) is 12.0. The molecule has 1 fully saturated rings. The molecule has 2 aromatic heterocycles. The standard InChI is InChI=1S/C14H19N5O2/c1-10-5-12(21-18-10)7-15-13-6-14(17-9-16-13)19-4-2-3-11(19)8-20/h5-6,9,11,20H,2-4,7-8H2,1H3,(H,15,16,17). The summed E-state index contributed by atoms with van der Waals surface area (Å²) < 4.78 is 5.15. The Morgan fingerprint density at radius 2 is 2.33 bits per heavy atom. The van der Waals surface area contributed by atoms with Crippen molar-refractivity contribution in [2.45, 2.75) is 32.4 Å². The maximum absolute atomic E-state index is 9.40. The van der Waals surface area contributed by atoms with Gasteiger partial charge in [-0.05, 0) is 19.8 Å². The van der Waals surface area contributed by atoms with Gasteiger partial charge in [0.25, 0.3) is 0 Å². The minimum Gasteiger partial charge on any atom is -0.394 e. The molecule has 0 aliphatic carbocycles. The third-order valence-corrected chi connectivity index (χ3v) is 3.66. The van der Waals surface area contributed by atoms with Gasteiger partial charge in [0.2, 0.25) is 0 Å². The number of nitrogens with one attached hydrogen (secondary N) is 1. The SMILES string of the molecule is Cc1cc(CNc2cc(N3CCCC3CO)ncn2)on1. The lowest BCUT2D eigenvalue weighted by molar-refractivity contribution is 0.266. The molecule has 1 unspecified atom stereocenters. The topological polar surface area (TPSA) is 87.3 Å². The molecule has 1 atom stereocenters. The van der Waals surface area contributed by atoms with Crippen molar-refractivity contribution in [1.82, 2.24) is 15.1 Å². The highest BCUT2D eigenvalue weighted by Crippen LogP contribution is 2.24. The minimum atomic E-state index is 0.157. The molecule has 1 aliphatic heterocycles. The van der Waals surface area contributed by atoms with Crippen molar-refractivity contribution in [2.24, 2.45) is 0 Å². The number of hydrogen-bond donors (Lipinski definition) is 2. The van der Waals surface area contributed by atoms with Crippen LogP contribution in [0.15, 0.2) is 23.0 Å². The first kappa shape index (κ1) is 13.8. The molecule has 2 aromatic rings. The van der Waals surface area contributed by atoms with Crippen LogP contribution in [0.3, 0.4) is 0 Å². The van der Waals surface area contributed by atoms with Crippen LogP contribution in [0, 0.1) is 6.92 Å². The Morgan fingerprint density at radius 3 is 3.10 bits per heavy atom. The van der Waals surface area contributed by atoms with Crippen molar-refractivity contribution in [3.8, 4) is 0 Å². The predicted octanol–water partition coefficient (Wildman–Crippen LogP) is 1.35. The molecule has 0 aromatic carbocycles. The molecule has 0 amide bonds. The van der Waals surface area contributed by atoms with Crippen molar-refractivity contribution in [2.75, 3.05) is 23.4 Å². The number of anilines is 2. The van der Waals surface area contributed by atoms with Crippen LogP contribution < -0.4 is 10.2 Å². The molecule has 7 nitrogen and oxygen atoms in total. The third-order valence-electron chi connectivity index (χ3n) is 3.66. The van der Waals surface area contributed by atoms with Crippen LogP contribution in [0.1, 0.15) is 24.3 Å². The normalized spacial score (nSPS) is 18.2. The minimum absolute atomic E-state index is 0.157. The summed E-state index contributed by atoms with van der Waals surface area (Å²) in [7, 11) is 0. The van der Waals surface area contributed by atoms with Gasteiger partial charge in [0.15, 0.2) is 5.76 Å². The largest absolute Gasteiger partial charge is 0.394 e. The fraction of sp³-hybridized carbons (Fsp3) is 0.500. The zero-order chi connectivity index (χ0) is 14.7. The average molecular weight is 289 g/mol. The molecule has 112 valence electrons. The molecule has 0 saturated carbocycles. The van der Waals surface area contributed by atoms with Crippen LogP contribution in [-0.2, 0) is 6.54 Å². The maximum atomic E-state index is 9.40. The summed E-state index contributed by atoms with van der Waals surface area (Å²) >= 11 is 0. The molecule has 1 aliphatic rings. The fourth-order valence-electron chi connectivity index (χ4n) is 2.61. The molecule has 0 bridgehead atoms. The van der Waals surface area contributed by atoms with E-state index in [9.17, 15) is 5.11 Å². The number of rotatable bonds is 5. The highest BCUT2D eigenvalue weighted by molar-refractivity contribution is 5.49. The van der Waals surface area contributed by atoms with Gasteiger partial charge in [-0.2, -0.15) is 0 Å². The van der Waals surface area contributed by atoms with Gasteiger partial charge in [0.05, 0.1) is 24.9 Å². The van der Waals surface area contributed by atoms with Crippen LogP contribution in [0.5, 0.6) is 0 Å². The second kappa shape index (κ2) is 6.09. The van der Waals surface area contributed by atoms with E-state index in [0.717, 1.165) is 42.5 Å². The van der Waals surface area contributed by atoms with E-state index in [4.69, 9.17) is 4.52 Å². The van der Waals surface area contributed by atoms with Crippen LogP contribution in [0.4, 0.5) is 11.6 Å². The van der Waals surface area contributed by atoms with Gasteiger partial charge in [-0.15, -0.1) is 0 Å². The lowest BCUT2D eigenvalue weighted by Gasteiger charge is -2.24. The second-order valence-electron chi connectivity index (χ2n) is 5.22. The zero-order valence-electron chi connectivity index (χ0n) is 12.0. The van der Waals surface area contributed by atoms with Crippen LogP contribution >= 0.6 is 0 Å².